The van der Waals surface area contributed by atoms with Crippen molar-refractivity contribution in [2.75, 3.05) is 39.0 Å². The van der Waals surface area contributed by atoms with Crippen LogP contribution in [0.3, 0.4) is 0 Å². The van der Waals surface area contributed by atoms with Crippen molar-refractivity contribution >= 4 is 17.0 Å². The summed E-state index contributed by atoms with van der Waals surface area (Å²) >= 11 is 0. The quantitative estimate of drug-likeness (QED) is 0.511. The lowest BCUT2D eigenvalue weighted by molar-refractivity contribution is 0.148. The lowest BCUT2D eigenvalue weighted by Gasteiger charge is -2.32. The molecule has 2 N–H and O–H groups in total. The van der Waals surface area contributed by atoms with Gasteiger partial charge < -0.3 is 10.6 Å². The summed E-state index contributed by atoms with van der Waals surface area (Å²) in [4.78, 5) is 18.6. The van der Waals surface area contributed by atoms with Gasteiger partial charge in [0.05, 0.1) is 5.69 Å². The largest absolute Gasteiger partial charge is 0.384 e. The minimum absolute atomic E-state index is 0.486. The lowest BCUT2D eigenvalue weighted by atomic mass is 10.1. The van der Waals surface area contributed by atoms with Crippen LogP contribution in [0, 0.1) is 6.92 Å². The van der Waals surface area contributed by atoms with Crippen molar-refractivity contribution in [1.29, 1.82) is 0 Å². The number of imidazole rings is 1. The summed E-state index contributed by atoms with van der Waals surface area (Å²) in [5.41, 5.74) is 11.8. The maximum absolute atomic E-state index is 5.86. The Balaban J connectivity index is 0.00000126. The molecule has 1 aliphatic rings. The summed E-state index contributed by atoms with van der Waals surface area (Å²) in [6, 6.07) is 16.5. The van der Waals surface area contributed by atoms with Crippen LogP contribution in [-0.4, -0.2) is 62.5 Å². The first-order valence-corrected chi connectivity index (χ1v) is 11.6. The Morgan fingerprint density at radius 1 is 0.909 bits per heavy atom. The van der Waals surface area contributed by atoms with Gasteiger partial charge in [-0.3, -0.25) is 9.47 Å². The number of aromatic nitrogens is 4. The molecule has 7 nitrogen and oxygen atoms in total. The van der Waals surface area contributed by atoms with Crippen LogP contribution in [0.15, 0.2) is 54.7 Å². The molecule has 4 aromatic rings. The summed E-state index contributed by atoms with van der Waals surface area (Å²) < 4.78 is 2.11. The number of piperazine rings is 1. The topological polar surface area (TPSA) is 76.1 Å². The van der Waals surface area contributed by atoms with Crippen LogP contribution < -0.4 is 5.73 Å². The van der Waals surface area contributed by atoms with E-state index in [1.165, 1.54) is 5.56 Å². The number of hydrogen-bond acceptors (Lipinski definition) is 6. The predicted octanol–water partition coefficient (Wildman–Crippen LogP) is 4.15. The van der Waals surface area contributed by atoms with Crippen LogP contribution in [0.1, 0.15) is 25.2 Å². The average molecular weight is 444 g/mol. The first-order valence-electron chi connectivity index (χ1n) is 11.6. The van der Waals surface area contributed by atoms with E-state index in [4.69, 9.17) is 15.7 Å². The summed E-state index contributed by atoms with van der Waals surface area (Å²) in [7, 11) is 2.19. The van der Waals surface area contributed by atoms with Gasteiger partial charge in [-0.25, -0.2) is 15.0 Å². The van der Waals surface area contributed by atoms with Crippen LogP contribution in [0.25, 0.3) is 28.1 Å². The van der Waals surface area contributed by atoms with Gasteiger partial charge in [0.1, 0.15) is 17.2 Å². The smallest absolute Gasteiger partial charge is 0.165 e. The van der Waals surface area contributed by atoms with Crippen molar-refractivity contribution < 1.29 is 0 Å². The fourth-order valence-electron chi connectivity index (χ4n) is 4.16. The number of nitrogens with zero attached hydrogens (tertiary/aromatic N) is 6. The van der Waals surface area contributed by atoms with E-state index in [1.54, 1.807) is 6.20 Å². The zero-order chi connectivity index (χ0) is 23.4. The lowest BCUT2D eigenvalue weighted by Crippen LogP contribution is -2.43. The van der Waals surface area contributed by atoms with Crippen LogP contribution in [0.2, 0.25) is 0 Å². The van der Waals surface area contributed by atoms with Crippen molar-refractivity contribution in [2.45, 2.75) is 27.3 Å². The van der Waals surface area contributed by atoms with Gasteiger partial charge >= 0.3 is 0 Å². The maximum atomic E-state index is 5.86. The van der Waals surface area contributed by atoms with Gasteiger partial charge in [0.25, 0.3) is 0 Å². The predicted molar refractivity (Wildman–Crippen MR) is 135 cm³/mol. The molecule has 1 aromatic carbocycles. The third-order valence-electron chi connectivity index (χ3n) is 5.95. The molecule has 4 heterocycles. The van der Waals surface area contributed by atoms with E-state index in [0.717, 1.165) is 66.7 Å². The number of rotatable bonds is 4. The van der Waals surface area contributed by atoms with E-state index >= 15 is 0 Å². The van der Waals surface area contributed by atoms with Gasteiger partial charge in [0.15, 0.2) is 5.65 Å². The standard InChI is InChI=1S/C24H27N7.C2H6/c1-17-27-22-8-7-21(19-9-10-26-23(25)15-19)28-24(22)31(17)20-5-3-18(4-6-20)16-30-13-11-29(2)12-14-30;1-2/h3-10,15H,11-14,16H2,1-2H3,(H2,25,26);1-2H3. The molecule has 0 aliphatic carbocycles. The highest BCUT2D eigenvalue weighted by Crippen LogP contribution is 2.25. The van der Waals surface area contributed by atoms with Crippen LogP contribution >= 0.6 is 0 Å². The van der Waals surface area contributed by atoms with Crippen LogP contribution in [0.5, 0.6) is 0 Å². The normalized spacial score (nSPS) is 14.8. The van der Waals surface area contributed by atoms with Gasteiger partial charge in [-0.1, -0.05) is 26.0 Å². The fraction of sp³-hybridized carbons (Fsp3) is 0.346. The Labute approximate surface area is 195 Å². The summed E-state index contributed by atoms with van der Waals surface area (Å²) in [6.07, 6.45) is 1.71. The number of nitrogens with two attached hydrogens (primary N) is 1. The molecule has 0 amide bonds. The van der Waals surface area contributed by atoms with Gasteiger partial charge in [0.2, 0.25) is 0 Å². The molecule has 0 bridgehead atoms. The average Bonchev–Trinajstić information content (AvgIpc) is 3.17. The Morgan fingerprint density at radius 3 is 2.33 bits per heavy atom. The van der Waals surface area contributed by atoms with E-state index in [2.05, 4.69) is 50.7 Å². The monoisotopic (exact) mass is 443 g/mol. The number of hydrogen-bond donors (Lipinski definition) is 1. The second-order valence-corrected chi connectivity index (χ2v) is 8.25. The molecule has 33 heavy (non-hydrogen) atoms. The van der Waals surface area contributed by atoms with Crippen LogP contribution in [-0.2, 0) is 6.54 Å². The number of fused-ring (bicyclic) bond motifs is 1. The Bertz CT molecular complexity index is 1210. The zero-order valence-corrected chi connectivity index (χ0v) is 20.0. The van der Waals surface area contributed by atoms with E-state index in [-0.39, 0.29) is 0 Å². The number of nitrogen functional groups attached to an aromatic ring is 1. The molecular weight excluding hydrogens is 410 g/mol. The highest BCUT2D eigenvalue weighted by molar-refractivity contribution is 5.78. The molecule has 3 aromatic heterocycles. The molecule has 0 spiro atoms. The second kappa shape index (κ2) is 10.1. The van der Waals surface area contributed by atoms with Gasteiger partial charge in [-0.15, -0.1) is 0 Å². The molecule has 1 aliphatic heterocycles. The molecule has 0 radical (unpaired) electrons. The number of likely N-dealkylation sites (N-methyl/N-ethyl adjacent to an activating group) is 1. The van der Waals surface area contributed by atoms with Gasteiger partial charge in [-0.05, 0) is 55.9 Å². The van der Waals surface area contributed by atoms with Crippen molar-refractivity contribution in [2.24, 2.45) is 0 Å². The SMILES string of the molecule is CC.Cc1nc2ccc(-c3ccnc(N)c3)nc2n1-c1ccc(CN2CCN(C)CC2)cc1. The van der Waals surface area contributed by atoms with Crippen molar-refractivity contribution in [1.82, 2.24) is 29.3 Å². The molecule has 0 saturated carbocycles. The summed E-state index contributed by atoms with van der Waals surface area (Å²) in [5, 5.41) is 0. The molecule has 0 unspecified atom stereocenters. The van der Waals surface area contributed by atoms with Crippen LogP contribution in [0.4, 0.5) is 5.82 Å². The number of anilines is 1. The third kappa shape index (κ3) is 5.05. The molecule has 1 fully saturated rings. The summed E-state index contributed by atoms with van der Waals surface area (Å²) in [6.45, 7) is 11.5. The Hall–Kier alpha value is -3.29. The Kier molecular flexibility index (Phi) is 7.01. The second-order valence-electron chi connectivity index (χ2n) is 8.25. The minimum Gasteiger partial charge on any atom is -0.384 e. The van der Waals surface area contributed by atoms with E-state index in [9.17, 15) is 0 Å². The summed E-state index contributed by atoms with van der Waals surface area (Å²) in [5.74, 6) is 1.40. The first-order chi connectivity index (χ1) is 16.1. The molecule has 0 atom stereocenters. The molecule has 172 valence electrons. The van der Waals surface area contributed by atoms with E-state index in [1.807, 2.05) is 45.0 Å². The third-order valence-corrected chi connectivity index (χ3v) is 5.95. The van der Waals surface area contributed by atoms with Gasteiger partial charge in [0, 0.05) is 50.2 Å². The molecule has 5 rings (SSSR count). The maximum Gasteiger partial charge on any atom is 0.165 e. The van der Waals surface area contributed by atoms with E-state index < -0.39 is 0 Å². The highest BCUT2D eigenvalue weighted by atomic mass is 15.2. The van der Waals surface area contributed by atoms with E-state index in [0.29, 0.717) is 5.82 Å². The molecule has 7 heteroatoms. The Morgan fingerprint density at radius 2 is 1.64 bits per heavy atom. The fourth-order valence-corrected chi connectivity index (χ4v) is 4.16. The van der Waals surface area contributed by atoms with Crippen molar-refractivity contribution in [3.63, 3.8) is 0 Å². The minimum atomic E-state index is 0.486. The van der Waals surface area contributed by atoms with Gasteiger partial charge in [-0.2, -0.15) is 0 Å². The van der Waals surface area contributed by atoms with Crippen molar-refractivity contribution in [3.8, 4) is 16.9 Å². The molecule has 1 saturated heterocycles. The highest BCUT2D eigenvalue weighted by Gasteiger charge is 2.15. The van der Waals surface area contributed by atoms with Crippen molar-refractivity contribution in [3.05, 3.63) is 66.1 Å². The molecular formula is C26H33N7. The number of benzene rings is 1. The number of aryl methyl sites for hydroxylation is 1. The number of pyridine rings is 2. The zero-order valence-electron chi connectivity index (χ0n) is 20.0. The first kappa shape index (κ1) is 22.9.